The van der Waals surface area contributed by atoms with Crippen LogP contribution in [0, 0.1) is 3.57 Å². The first-order chi connectivity index (χ1) is 11.6. The lowest BCUT2D eigenvalue weighted by atomic mass is 10.2. The van der Waals surface area contributed by atoms with Crippen LogP contribution in [0.5, 0.6) is 5.75 Å². The van der Waals surface area contributed by atoms with E-state index in [1.54, 1.807) is 12.4 Å². The number of anilines is 1. The Balaban J connectivity index is 1.54. The average molecular weight is 440 g/mol. The van der Waals surface area contributed by atoms with E-state index < -0.39 is 6.09 Å². The molecule has 1 aromatic heterocycles. The monoisotopic (exact) mass is 440 g/mol. The largest absolute Gasteiger partial charge is 0.486 e. The third-order valence-electron chi connectivity index (χ3n) is 3.77. The molecule has 24 heavy (non-hydrogen) atoms. The third-order valence-corrected chi connectivity index (χ3v) is 4.49. The number of benzene rings is 1. The molecule has 0 bridgehead atoms. The van der Waals surface area contributed by atoms with Crippen molar-refractivity contribution in [3.8, 4) is 5.75 Å². The van der Waals surface area contributed by atoms with Crippen LogP contribution in [0.15, 0.2) is 36.7 Å². The highest BCUT2D eigenvalue weighted by Gasteiger charge is 2.21. The predicted octanol–water partition coefficient (Wildman–Crippen LogP) is 2.46. The molecule has 1 aliphatic heterocycles. The van der Waals surface area contributed by atoms with Gasteiger partial charge in [0.25, 0.3) is 0 Å². The maximum absolute atomic E-state index is 10.9. The first-order valence-electron chi connectivity index (χ1n) is 7.54. The Bertz CT molecular complexity index is 685. The number of amides is 1. The zero-order valence-electron chi connectivity index (χ0n) is 12.9. The zero-order valence-corrected chi connectivity index (χ0v) is 15.1. The number of aromatic nitrogens is 2. The van der Waals surface area contributed by atoms with Crippen molar-refractivity contribution in [3.63, 3.8) is 0 Å². The Morgan fingerprint density at radius 1 is 1.12 bits per heavy atom. The predicted molar refractivity (Wildman–Crippen MR) is 97.3 cm³/mol. The summed E-state index contributed by atoms with van der Waals surface area (Å²) in [5.41, 5.74) is 1.09. The maximum Gasteiger partial charge on any atom is 0.407 e. The van der Waals surface area contributed by atoms with Gasteiger partial charge < -0.3 is 19.6 Å². The first-order valence-corrected chi connectivity index (χ1v) is 8.62. The Labute approximate surface area is 153 Å². The fourth-order valence-electron chi connectivity index (χ4n) is 2.39. The topological polar surface area (TPSA) is 78.8 Å². The van der Waals surface area contributed by atoms with Gasteiger partial charge >= 0.3 is 6.09 Å². The SMILES string of the molecule is O=C(O)N1CCN(c2ncc(OCc3ccc(I)cc3)cn2)CC1. The molecular weight excluding hydrogens is 423 g/mol. The molecule has 0 spiro atoms. The second-order valence-corrected chi connectivity index (χ2v) is 6.64. The molecule has 7 nitrogen and oxygen atoms in total. The van der Waals surface area contributed by atoms with Gasteiger partial charge in [-0.25, -0.2) is 14.8 Å². The van der Waals surface area contributed by atoms with Gasteiger partial charge in [0.1, 0.15) is 6.61 Å². The minimum absolute atomic E-state index is 0.462. The Morgan fingerprint density at radius 3 is 2.33 bits per heavy atom. The summed E-state index contributed by atoms with van der Waals surface area (Å²) in [6.45, 7) is 2.58. The number of hydrogen-bond donors (Lipinski definition) is 1. The molecule has 126 valence electrons. The summed E-state index contributed by atoms with van der Waals surface area (Å²) in [6.07, 6.45) is 2.42. The summed E-state index contributed by atoms with van der Waals surface area (Å²) in [7, 11) is 0. The van der Waals surface area contributed by atoms with Crippen molar-refractivity contribution in [1.82, 2.24) is 14.9 Å². The molecule has 0 saturated carbocycles. The van der Waals surface area contributed by atoms with E-state index in [0.717, 1.165) is 5.56 Å². The Hall–Kier alpha value is -2.10. The molecule has 2 aromatic rings. The standard InChI is InChI=1S/C16H17IN4O3/c17-13-3-1-12(2-4-13)11-24-14-9-18-15(19-10-14)20-5-7-21(8-6-20)16(22)23/h1-4,9-10H,5-8,11H2,(H,22,23). The van der Waals surface area contributed by atoms with E-state index in [2.05, 4.69) is 32.6 Å². The smallest absolute Gasteiger partial charge is 0.407 e. The van der Waals surface area contributed by atoms with Gasteiger partial charge in [0.2, 0.25) is 5.95 Å². The van der Waals surface area contributed by atoms with Crippen molar-refractivity contribution in [2.24, 2.45) is 0 Å². The molecule has 1 saturated heterocycles. The summed E-state index contributed by atoms with van der Waals surface area (Å²) < 4.78 is 6.88. The molecule has 0 atom stereocenters. The fourth-order valence-corrected chi connectivity index (χ4v) is 2.75. The highest BCUT2D eigenvalue weighted by molar-refractivity contribution is 14.1. The van der Waals surface area contributed by atoms with Crippen LogP contribution in [0.2, 0.25) is 0 Å². The molecule has 1 amide bonds. The number of rotatable bonds is 4. The van der Waals surface area contributed by atoms with Gasteiger partial charge in [-0.15, -0.1) is 0 Å². The van der Waals surface area contributed by atoms with Crippen molar-refractivity contribution in [2.45, 2.75) is 6.61 Å². The summed E-state index contributed by atoms with van der Waals surface area (Å²) in [4.78, 5) is 22.9. The number of carbonyl (C=O) groups is 1. The van der Waals surface area contributed by atoms with Crippen molar-refractivity contribution in [3.05, 3.63) is 45.8 Å². The third kappa shape index (κ3) is 4.25. The van der Waals surface area contributed by atoms with Gasteiger partial charge in [-0.05, 0) is 40.3 Å². The van der Waals surface area contributed by atoms with Crippen molar-refractivity contribution in [2.75, 3.05) is 31.1 Å². The number of halogens is 1. The highest BCUT2D eigenvalue weighted by Crippen LogP contribution is 2.16. The average Bonchev–Trinajstić information content (AvgIpc) is 2.62. The number of carboxylic acid groups (broad SMARTS) is 1. The molecule has 1 aromatic carbocycles. The minimum Gasteiger partial charge on any atom is -0.486 e. The van der Waals surface area contributed by atoms with Gasteiger partial charge in [-0.3, -0.25) is 0 Å². The van der Waals surface area contributed by atoms with Crippen LogP contribution < -0.4 is 9.64 Å². The van der Waals surface area contributed by atoms with Crippen molar-refractivity contribution in [1.29, 1.82) is 0 Å². The van der Waals surface area contributed by atoms with Gasteiger partial charge in [-0.2, -0.15) is 0 Å². The second-order valence-electron chi connectivity index (χ2n) is 5.39. The van der Waals surface area contributed by atoms with Crippen LogP contribution in [0.4, 0.5) is 10.7 Å². The molecule has 2 heterocycles. The van der Waals surface area contributed by atoms with E-state index in [1.165, 1.54) is 8.47 Å². The summed E-state index contributed by atoms with van der Waals surface area (Å²) in [5, 5.41) is 8.96. The highest BCUT2D eigenvalue weighted by atomic mass is 127. The second kappa shape index (κ2) is 7.65. The maximum atomic E-state index is 10.9. The molecule has 0 aliphatic carbocycles. The van der Waals surface area contributed by atoms with E-state index >= 15 is 0 Å². The van der Waals surface area contributed by atoms with E-state index in [0.29, 0.717) is 44.5 Å². The number of hydrogen-bond acceptors (Lipinski definition) is 5. The fraction of sp³-hybridized carbons (Fsp3) is 0.312. The van der Waals surface area contributed by atoms with Crippen molar-refractivity contribution < 1.29 is 14.6 Å². The van der Waals surface area contributed by atoms with E-state index in [-0.39, 0.29) is 0 Å². The lowest BCUT2D eigenvalue weighted by Gasteiger charge is -2.32. The van der Waals surface area contributed by atoms with E-state index in [4.69, 9.17) is 9.84 Å². The van der Waals surface area contributed by atoms with E-state index in [9.17, 15) is 4.79 Å². The van der Waals surface area contributed by atoms with E-state index in [1.807, 2.05) is 29.2 Å². The lowest BCUT2D eigenvalue weighted by Crippen LogP contribution is -2.48. The number of piperazine rings is 1. The van der Waals surface area contributed by atoms with Crippen LogP contribution in [0.25, 0.3) is 0 Å². The van der Waals surface area contributed by atoms with Crippen LogP contribution in [0.3, 0.4) is 0 Å². The first kappa shape index (κ1) is 16.7. The molecule has 3 rings (SSSR count). The summed E-state index contributed by atoms with van der Waals surface area (Å²) in [5.74, 6) is 1.21. The molecule has 0 unspecified atom stereocenters. The van der Waals surface area contributed by atoms with Gasteiger partial charge in [0, 0.05) is 29.7 Å². The minimum atomic E-state index is -0.880. The molecule has 1 N–H and O–H groups in total. The van der Waals surface area contributed by atoms with Crippen LogP contribution >= 0.6 is 22.6 Å². The molecule has 8 heteroatoms. The van der Waals surface area contributed by atoms with Crippen LogP contribution in [-0.4, -0.2) is 52.2 Å². The van der Waals surface area contributed by atoms with Gasteiger partial charge in [0.15, 0.2) is 5.75 Å². The van der Waals surface area contributed by atoms with Crippen molar-refractivity contribution >= 4 is 34.6 Å². The van der Waals surface area contributed by atoms with Gasteiger partial charge in [-0.1, -0.05) is 12.1 Å². The molecule has 1 fully saturated rings. The number of ether oxygens (including phenoxy) is 1. The normalized spacial score (nSPS) is 14.5. The Morgan fingerprint density at radius 2 is 1.75 bits per heavy atom. The molecular formula is C16H17IN4O3. The zero-order chi connectivity index (χ0) is 16.9. The van der Waals surface area contributed by atoms with Crippen LogP contribution in [0.1, 0.15) is 5.56 Å². The Kier molecular flexibility index (Phi) is 5.34. The quantitative estimate of drug-likeness (QED) is 0.737. The summed E-state index contributed by atoms with van der Waals surface area (Å²) in [6, 6.07) is 8.13. The summed E-state index contributed by atoms with van der Waals surface area (Å²) >= 11 is 2.26. The van der Waals surface area contributed by atoms with Crippen LogP contribution in [-0.2, 0) is 6.61 Å². The molecule has 1 aliphatic rings. The lowest BCUT2D eigenvalue weighted by molar-refractivity contribution is 0.142. The molecule has 0 radical (unpaired) electrons. The van der Waals surface area contributed by atoms with Gasteiger partial charge in [0.05, 0.1) is 12.4 Å². The number of nitrogens with zero attached hydrogens (tertiary/aromatic N) is 4.